The Morgan fingerprint density at radius 2 is 1.92 bits per heavy atom. The summed E-state index contributed by atoms with van der Waals surface area (Å²) in [4.78, 5) is 11.9. The molecule has 0 bridgehead atoms. The molecule has 26 heavy (non-hydrogen) atoms. The molecular weight excluding hydrogens is 332 g/mol. The average molecular weight is 366 g/mol. The van der Waals surface area contributed by atoms with Crippen LogP contribution < -0.4 is 0 Å². The van der Waals surface area contributed by atoms with Crippen molar-refractivity contribution in [2.45, 2.75) is 90.1 Å². The highest BCUT2D eigenvalue weighted by molar-refractivity contribution is 5.69. The van der Waals surface area contributed by atoms with E-state index in [9.17, 15) is 15.0 Å². The molecular formula is C21H34O5. The normalized spacial score (nSPS) is 53.3. The lowest BCUT2D eigenvalue weighted by molar-refractivity contribution is -0.253. The molecule has 4 unspecified atom stereocenters. The molecule has 9 atom stereocenters. The van der Waals surface area contributed by atoms with Gasteiger partial charge in [-0.25, -0.2) is 0 Å². The monoisotopic (exact) mass is 366 g/mol. The lowest BCUT2D eigenvalue weighted by atomic mass is 9.50. The highest BCUT2D eigenvalue weighted by Gasteiger charge is 2.64. The van der Waals surface area contributed by atoms with Crippen molar-refractivity contribution < 1.29 is 24.5 Å². The molecule has 0 amide bonds. The summed E-state index contributed by atoms with van der Waals surface area (Å²) < 4.78 is 12.2. The minimum atomic E-state index is -0.395. The smallest absolute Gasteiger partial charge is 0.305 e. The molecule has 4 rings (SSSR count). The first kappa shape index (κ1) is 18.7. The summed E-state index contributed by atoms with van der Waals surface area (Å²) in [5.74, 6) is 0.615. The summed E-state index contributed by atoms with van der Waals surface area (Å²) in [7, 11) is 0. The molecule has 1 aliphatic heterocycles. The second-order valence-corrected chi connectivity index (χ2v) is 9.76. The fourth-order valence-electron chi connectivity index (χ4n) is 6.77. The lowest BCUT2D eigenvalue weighted by Crippen LogP contribution is -2.64. The Morgan fingerprint density at radius 1 is 1.15 bits per heavy atom. The second-order valence-electron chi connectivity index (χ2n) is 9.76. The molecule has 1 heterocycles. The largest absolute Gasteiger partial charge is 0.462 e. The summed E-state index contributed by atoms with van der Waals surface area (Å²) in [6.45, 7) is 6.91. The van der Waals surface area contributed by atoms with Crippen LogP contribution in [0.25, 0.3) is 0 Å². The number of esters is 1. The highest BCUT2D eigenvalue weighted by Crippen LogP contribution is 2.62. The van der Waals surface area contributed by atoms with Gasteiger partial charge in [-0.2, -0.15) is 0 Å². The lowest BCUT2D eigenvalue weighted by Gasteiger charge is -2.61. The van der Waals surface area contributed by atoms with E-state index in [2.05, 4.69) is 13.8 Å². The maximum Gasteiger partial charge on any atom is 0.305 e. The van der Waals surface area contributed by atoms with E-state index < -0.39 is 6.10 Å². The summed E-state index contributed by atoms with van der Waals surface area (Å²) in [5, 5.41) is 21.2. The summed E-state index contributed by atoms with van der Waals surface area (Å²) in [5.41, 5.74) is -0.174. The van der Waals surface area contributed by atoms with E-state index in [-0.39, 0.29) is 41.0 Å². The van der Waals surface area contributed by atoms with Crippen LogP contribution in [0.3, 0.4) is 0 Å². The maximum absolute atomic E-state index is 11.9. The third kappa shape index (κ3) is 2.65. The van der Waals surface area contributed by atoms with Gasteiger partial charge in [-0.3, -0.25) is 4.79 Å². The van der Waals surface area contributed by atoms with Crippen LogP contribution in [0.15, 0.2) is 0 Å². The van der Waals surface area contributed by atoms with E-state index >= 15 is 0 Å². The number of fused-ring (bicyclic) bond motifs is 5. The van der Waals surface area contributed by atoms with Gasteiger partial charge in [0.25, 0.3) is 0 Å². The van der Waals surface area contributed by atoms with Gasteiger partial charge < -0.3 is 19.7 Å². The number of rotatable bonds is 2. The molecule has 4 fully saturated rings. The third-order valence-corrected chi connectivity index (χ3v) is 8.40. The van der Waals surface area contributed by atoms with Crippen molar-refractivity contribution in [3.05, 3.63) is 0 Å². The van der Waals surface area contributed by atoms with Crippen LogP contribution in [0.2, 0.25) is 0 Å². The fourth-order valence-corrected chi connectivity index (χ4v) is 6.77. The predicted octanol–water partition coefficient (Wildman–Crippen LogP) is 2.67. The third-order valence-electron chi connectivity index (χ3n) is 8.40. The maximum atomic E-state index is 11.9. The van der Waals surface area contributed by atoms with Gasteiger partial charge in [-0.15, -0.1) is 0 Å². The van der Waals surface area contributed by atoms with Gasteiger partial charge in [0.1, 0.15) is 6.10 Å². The van der Waals surface area contributed by atoms with E-state index in [4.69, 9.17) is 9.47 Å². The molecule has 0 aromatic rings. The Hall–Kier alpha value is -0.650. The van der Waals surface area contributed by atoms with Crippen LogP contribution in [0.5, 0.6) is 0 Å². The molecule has 0 spiro atoms. The molecule has 3 aliphatic carbocycles. The number of carbonyl (C=O) groups excluding carboxylic acids is 1. The van der Waals surface area contributed by atoms with Crippen LogP contribution in [-0.2, 0) is 14.3 Å². The molecule has 148 valence electrons. The zero-order valence-corrected chi connectivity index (χ0v) is 16.3. The fraction of sp³-hybridized carbons (Fsp3) is 0.952. The SMILES string of the molecule is CCC(=O)O[C@H]1CCC2C3C(OC[C@@]21C)[C@@]1(C)CC[C@H](O)CC1C[C@@H]3O. The van der Waals surface area contributed by atoms with Crippen molar-refractivity contribution in [2.24, 2.45) is 28.6 Å². The number of aliphatic hydroxyl groups is 2. The standard InChI is InChI=1S/C21H34O5/c1-4-17(24)26-16-6-5-14-18-15(23)10-12-9-13(22)7-8-20(12,2)19(18)25-11-21(14,16)3/h12-16,18-19,22-23H,4-11H2,1-3H3/t12?,13-,14?,15-,16-,18?,19?,20-,21-/m0/s1. The van der Waals surface area contributed by atoms with Crippen LogP contribution in [0.4, 0.5) is 0 Å². The van der Waals surface area contributed by atoms with Crippen LogP contribution in [-0.4, -0.2) is 47.2 Å². The first-order valence-corrected chi connectivity index (χ1v) is 10.5. The molecule has 0 aromatic heterocycles. The van der Waals surface area contributed by atoms with E-state index in [0.29, 0.717) is 24.9 Å². The molecule has 5 heteroatoms. The Balaban J connectivity index is 1.59. The quantitative estimate of drug-likeness (QED) is 0.735. The molecule has 1 saturated heterocycles. The molecule has 4 aliphatic rings. The molecule has 3 saturated carbocycles. The minimum absolute atomic E-state index is 0.0304. The number of aliphatic hydroxyl groups excluding tert-OH is 2. The predicted molar refractivity (Wildman–Crippen MR) is 96.3 cm³/mol. The topological polar surface area (TPSA) is 76.0 Å². The zero-order valence-electron chi connectivity index (χ0n) is 16.3. The van der Waals surface area contributed by atoms with Gasteiger partial charge >= 0.3 is 5.97 Å². The number of carbonyl (C=O) groups is 1. The van der Waals surface area contributed by atoms with Gasteiger partial charge in [-0.05, 0) is 55.8 Å². The van der Waals surface area contributed by atoms with Gasteiger partial charge in [0, 0.05) is 17.8 Å². The molecule has 0 radical (unpaired) electrons. The van der Waals surface area contributed by atoms with Crippen molar-refractivity contribution in [3.63, 3.8) is 0 Å². The average Bonchev–Trinajstić information content (AvgIpc) is 2.93. The number of hydrogen-bond acceptors (Lipinski definition) is 5. The Bertz CT molecular complexity index is 565. The van der Waals surface area contributed by atoms with Crippen LogP contribution >= 0.6 is 0 Å². The van der Waals surface area contributed by atoms with Crippen molar-refractivity contribution in [2.75, 3.05) is 6.61 Å². The highest BCUT2D eigenvalue weighted by atomic mass is 16.5. The van der Waals surface area contributed by atoms with Crippen molar-refractivity contribution in [3.8, 4) is 0 Å². The van der Waals surface area contributed by atoms with Gasteiger partial charge in [-0.1, -0.05) is 20.8 Å². The summed E-state index contributed by atoms with van der Waals surface area (Å²) in [6, 6.07) is 0. The van der Waals surface area contributed by atoms with Crippen LogP contribution in [0.1, 0.15) is 65.7 Å². The molecule has 0 aromatic carbocycles. The minimum Gasteiger partial charge on any atom is -0.462 e. The number of ether oxygens (including phenoxy) is 2. The van der Waals surface area contributed by atoms with Crippen molar-refractivity contribution in [1.82, 2.24) is 0 Å². The van der Waals surface area contributed by atoms with Crippen molar-refractivity contribution >= 4 is 5.97 Å². The first-order chi connectivity index (χ1) is 12.3. The number of hydrogen-bond donors (Lipinski definition) is 2. The second kappa shape index (κ2) is 6.46. The Kier molecular flexibility index (Phi) is 4.64. The van der Waals surface area contributed by atoms with Crippen LogP contribution in [0, 0.1) is 28.6 Å². The van der Waals surface area contributed by atoms with Gasteiger partial charge in [0.15, 0.2) is 0 Å². The summed E-state index contributed by atoms with van der Waals surface area (Å²) in [6.07, 6.45) is 4.88. The Morgan fingerprint density at radius 3 is 2.65 bits per heavy atom. The van der Waals surface area contributed by atoms with E-state index in [1.165, 1.54) is 0 Å². The molecule has 5 nitrogen and oxygen atoms in total. The first-order valence-electron chi connectivity index (χ1n) is 10.5. The van der Waals surface area contributed by atoms with E-state index in [1.807, 2.05) is 6.92 Å². The zero-order chi connectivity index (χ0) is 18.7. The Labute approximate surface area is 156 Å². The summed E-state index contributed by atoms with van der Waals surface area (Å²) >= 11 is 0. The van der Waals surface area contributed by atoms with E-state index in [1.54, 1.807) is 0 Å². The van der Waals surface area contributed by atoms with E-state index in [0.717, 1.165) is 38.5 Å². The van der Waals surface area contributed by atoms with Gasteiger partial charge in [0.05, 0.1) is 24.9 Å². The molecule has 2 N–H and O–H groups in total. The van der Waals surface area contributed by atoms with Crippen molar-refractivity contribution in [1.29, 1.82) is 0 Å². The van der Waals surface area contributed by atoms with Gasteiger partial charge in [0.2, 0.25) is 0 Å².